The summed E-state index contributed by atoms with van der Waals surface area (Å²) >= 11 is 0. The van der Waals surface area contributed by atoms with E-state index in [-0.39, 0.29) is 11.5 Å². The number of carbonyl (C=O) groups is 2. The predicted molar refractivity (Wildman–Crippen MR) is 139 cm³/mol. The van der Waals surface area contributed by atoms with Gasteiger partial charge in [-0.25, -0.2) is 4.98 Å². The molecule has 4 aliphatic rings. The molecule has 2 fully saturated rings. The molecule has 4 heterocycles. The van der Waals surface area contributed by atoms with Gasteiger partial charge in [0.05, 0.1) is 24.3 Å². The third kappa shape index (κ3) is 4.21. The fourth-order valence-corrected chi connectivity index (χ4v) is 6.41. The molecule has 2 saturated heterocycles. The first-order chi connectivity index (χ1) is 18.0. The number of amides is 2. The smallest absolute Gasteiger partial charge is 0.255 e. The Hall–Kier alpha value is -3.24. The molecule has 3 N–H and O–H groups in total. The Morgan fingerprint density at radius 3 is 2.57 bits per heavy atom. The topological polar surface area (TPSA) is 125 Å². The van der Waals surface area contributed by atoms with Gasteiger partial charge in [-0.15, -0.1) is 0 Å². The number of hydrogen-bond acceptors (Lipinski definition) is 7. The summed E-state index contributed by atoms with van der Waals surface area (Å²) in [5.74, 6) is 0.199. The minimum atomic E-state index is -0.651. The molecule has 1 aromatic heterocycles. The molecule has 6 rings (SSSR count). The van der Waals surface area contributed by atoms with Crippen LogP contribution in [0.2, 0.25) is 0 Å². The predicted octanol–water partition coefficient (Wildman–Crippen LogP) is 0.965. The van der Waals surface area contributed by atoms with E-state index in [1.54, 1.807) is 12.1 Å². The average Bonchev–Trinajstić information content (AvgIpc) is 3.14. The van der Waals surface area contributed by atoms with Gasteiger partial charge in [-0.05, 0) is 56.2 Å². The van der Waals surface area contributed by atoms with E-state index in [0.717, 1.165) is 67.8 Å². The Balaban J connectivity index is 1.26. The molecule has 10 nitrogen and oxygen atoms in total. The molecule has 10 heteroatoms. The van der Waals surface area contributed by atoms with E-state index in [1.165, 1.54) is 0 Å². The van der Waals surface area contributed by atoms with Crippen LogP contribution in [-0.4, -0.2) is 79.2 Å². The zero-order valence-electron chi connectivity index (χ0n) is 21.1. The molecule has 2 amide bonds. The van der Waals surface area contributed by atoms with Gasteiger partial charge in [0, 0.05) is 56.1 Å². The van der Waals surface area contributed by atoms with Gasteiger partial charge >= 0.3 is 0 Å². The van der Waals surface area contributed by atoms with E-state index in [9.17, 15) is 14.4 Å². The molecule has 0 unspecified atom stereocenters. The number of aromatic nitrogens is 2. The zero-order chi connectivity index (χ0) is 25.6. The number of benzene rings is 1. The number of nitrogens with two attached hydrogens (primary N) is 1. The van der Waals surface area contributed by atoms with Crippen molar-refractivity contribution in [1.29, 1.82) is 0 Å². The van der Waals surface area contributed by atoms with Gasteiger partial charge < -0.3 is 20.3 Å². The van der Waals surface area contributed by atoms with Gasteiger partial charge in [0.25, 0.3) is 5.56 Å². The standard InChI is InChI=1S/C27H34N6O4/c28-23(34)18-5-6-20-22(17-18)33(12-11-31-13-15-37-16-14-31)25(36)27(20)7-9-32(10-8-27)26-29-21-4-2-1-3-19(21)24(35)30-26/h5-6,17H,1-4,7-16H2,(H2,28,34)(H,29,30,35). The van der Waals surface area contributed by atoms with Crippen LogP contribution in [0.5, 0.6) is 0 Å². The van der Waals surface area contributed by atoms with Crippen molar-refractivity contribution in [3.63, 3.8) is 0 Å². The van der Waals surface area contributed by atoms with Crippen LogP contribution < -0.4 is 21.1 Å². The Labute approximate surface area is 215 Å². The van der Waals surface area contributed by atoms with Gasteiger partial charge in [0.1, 0.15) is 0 Å². The van der Waals surface area contributed by atoms with Crippen LogP contribution in [0, 0.1) is 0 Å². The molecule has 196 valence electrons. The monoisotopic (exact) mass is 506 g/mol. The van der Waals surface area contributed by atoms with Crippen LogP contribution in [0.3, 0.4) is 0 Å². The van der Waals surface area contributed by atoms with Crippen LogP contribution in [0.25, 0.3) is 0 Å². The first kappa shape index (κ1) is 24.1. The molecule has 2 aromatic rings. The number of ether oxygens (including phenoxy) is 1. The lowest BCUT2D eigenvalue weighted by Crippen LogP contribution is -2.50. The first-order valence-electron chi connectivity index (χ1n) is 13.4. The largest absolute Gasteiger partial charge is 0.379 e. The van der Waals surface area contributed by atoms with Gasteiger partial charge in [-0.2, -0.15) is 0 Å². The van der Waals surface area contributed by atoms with Crippen molar-refractivity contribution < 1.29 is 14.3 Å². The first-order valence-corrected chi connectivity index (χ1v) is 13.4. The van der Waals surface area contributed by atoms with E-state index >= 15 is 0 Å². The minimum absolute atomic E-state index is 0.0319. The summed E-state index contributed by atoms with van der Waals surface area (Å²) < 4.78 is 5.46. The fourth-order valence-electron chi connectivity index (χ4n) is 6.41. The van der Waals surface area contributed by atoms with Crippen molar-refractivity contribution in [3.05, 3.63) is 50.9 Å². The number of fused-ring (bicyclic) bond motifs is 3. The number of hydrogen-bond donors (Lipinski definition) is 2. The molecule has 37 heavy (non-hydrogen) atoms. The second-order valence-corrected chi connectivity index (χ2v) is 10.6. The number of carbonyl (C=O) groups excluding carboxylic acids is 2. The molecular formula is C27H34N6O4. The summed E-state index contributed by atoms with van der Waals surface area (Å²) in [4.78, 5) is 52.8. The van der Waals surface area contributed by atoms with Crippen molar-refractivity contribution in [1.82, 2.24) is 14.9 Å². The van der Waals surface area contributed by atoms with E-state index in [0.29, 0.717) is 57.2 Å². The number of nitrogens with zero attached hydrogens (tertiary/aromatic N) is 4. The number of H-pyrrole nitrogens is 1. The Bertz CT molecular complexity index is 1280. The number of nitrogens with one attached hydrogen (secondary N) is 1. The number of rotatable bonds is 5. The fraction of sp³-hybridized carbons (Fsp3) is 0.556. The van der Waals surface area contributed by atoms with Crippen molar-refractivity contribution in [2.75, 3.05) is 62.3 Å². The lowest BCUT2D eigenvalue weighted by Gasteiger charge is -2.39. The number of anilines is 2. The number of piperidine rings is 1. The summed E-state index contributed by atoms with van der Waals surface area (Å²) in [7, 11) is 0. The lowest BCUT2D eigenvalue weighted by molar-refractivity contribution is -0.124. The Morgan fingerprint density at radius 1 is 1.05 bits per heavy atom. The maximum Gasteiger partial charge on any atom is 0.255 e. The zero-order valence-corrected chi connectivity index (χ0v) is 21.1. The van der Waals surface area contributed by atoms with Crippen molar-refractivity contribution in [3.8, 4) is 0 Å². The Kier molecular flexibility index (Phi) is 6.24. The minimum Gasteiger partial charge on any atom is -0.379 e. The van der Waals surface area contributed by atoms with Crippen LogP contribution in [0.15, 0.2) is 23.0 Å². The highest BCUT2D eigenvalue weighted by Gasteiger charge is 2.52. The van der Waals surface area contributed by atoms with Crippen LogP contribution in [-0.2, 0) is 27.8 Å². The van der Waals surface area contributed by atoms with Crippen molar-refractivity contribution in [2.45, 2.75) is 43.9 Å². The van der Waals surface area contributed by atoms with Gasteiger partial charge in [0.2, 0.25) is 17.8 Å². The van der Waals surface area contributed by atoms with Gasteiger partial charge in [0.15, 0.2) is 0 Å². The molecule has 1 aliphatic carbocycles. The summed E-state index contributed by atoms with van der Waals surface area (Å²) in [5.41, 5.74) is 8.82. The molecule has 0 bridgehead atoms. The number of morpholine rings is 1. The Morgan fingerprint density at radius 2 is 1.81 bits per heavy atom. The molecular weight excluding hydrogens is 472 g/mol. The summed E-state index contributed by atoms with van der Waals surface area (Å²) in [6.07, 6.45) is 4.96. The summed E-state index contributed by atoms with van der Waals surface area (Å²) in [6, 6.07) is 5.42. The number of aromatic amines is 1. The highest BCUT2D eigenvalue weighted by Crippen LogP contribution is 2.48. The third-order valence-corrected chi connectivity index (χ3v) is 8.58. The van der Waals surface area contributed by atoms with E-state index in [2.05, 4.69) is 14.8 Å². The van der Waals surface area contributed by atoms with Crippen LogP contribution in [0.1, 0.15) is 52.9 Å². The third-order valence-electron chi connectivity index (χ3n) is 8.58. The van der Waals surface area contributed by atoms with Gasteiger partial charge in [-0.3, -0.25) is 24.3 Å². The lowest BCUT2D eigenvalue weighted by atomic mass is 9.73. The second kappa shape index (κ2) is 9.57. The summed E-state index contributed by atoms with van der Waals surface area (Å²) in [5, 5.41) is 0. The quantitative estimate of drug-likeness (QED) is 0.619. The molecule has 1 aromatic carbocycles. The molecule has 3 aliphatic heterocycles. The maximum atomic E-state index is 14.1. The summed E-state index contributed by atoms with van der Waals surface area (Å²) in [6.45, 7) is 5.63. The van der Waals surface area contributed by atoms with Crippen molar-refractivity contribution in [2.24, 2.45) is 5.73 Å². The number of primary amides is 1. The molecule has 1 spiro atoms. The maximum absolute atomic E-state index is 14.1. The van der Waals surface area contributed by atoms with Crippen molar-refractivity contribution >= 4 is 23.5 Å². The number of aryl methyl sites for hydroxylation is 1. The highest BCUT2D eigenvalue weighted by molar-refractivity contribution is 6.09. The normalized spacial score (nSPS) is 21.2. The van der Waals surface area contributed by atoms with Crippen LogP contribution >= 0.6 is 0 Å². The van der Waals surface area contributed by atoms with Crippen LogP contribution in [0.4, 0.5) is 11.6 Å². The molecule has 0 saturated carbocycles. The second-order valence-electron chi connectivity index (χ2n) is 10.6. The molecule has 0 atom stereocenters. The van der Waals surface area contributed by atoms with E-state index in [1.807, 2.05) is 11.0 Å². The van der Waals surface area contributed by atoms with E-state index < -0.39 is 11.3 Å². The average molecular weight is 507 g/mol. The SMILES string of the molecule is NC(=O)c1ccc2c(c1)N(CCN1CCOCC1)C(=O)C21CCN(c2nc3c(c(=O)[nH]2)CCCC3)CC1. The highest BCUT2D eigenvalue weighted by atomic mass is 16.5. The molecule has 0 radical (unpaired) electrons. The van der Waals surface area contributed by atoms with E-state index in [4.69, 9.17) is 15.5 Å². The van der Waals surface area contributed by atoms with Gasteiger partial charge in [-0.1, -0.05) is 6.07 Å².